The molecule has 106 valence electrons. The number of carbonyl (C=O) groups is 1. The molecule has 1 N–H and O–H groups in total. The van der Waals surface area contributed by atoms with Crippen molar-refractivity contribution in [1.82, 2.24) is 4.90 Å². The van der Waals surface area contributed by atoms with Gasteiger partial charge in [0.05, 0.1) is 5.69 Å². The molecular formula is C15H23ClN2O. The number of amides is 2. The van der Waals surface area contributed by atoms with Gasteiger partial charge in [-0.3, -0.25) is 0 Å². The highest BCUT2D eigenvalue weighted by Crippen LogP contribution is 2.29. The maximum Gasteiger partial charge on any atom is 0.321 e. The summed E-state index contributed by atoms with van der Waals surface area (Å²) in [4.78, 5) is 14.0. The number of urea groups is 1. The van der Waals surface area contributed by atoms with Gasteiger partial charge in [0.15, 0.2) is 0 Å². The molecule has 0 heterocycles. The Morgan fingerprint density at radius 2 is 1.79 bits per heavy atom. The van der Waals surface area contributed by atoms with Gasteiger partial charge in [0.1, 0.15) is 0 Å². The van der Waals surface area contributed by atoms with Gasteiger partial charge in [0.2, 0.25) is 0 Å². The van der Waals surface area contributed by atoms with Crippen LogP contribution in [0.5, 0.6) is 0 Å². The zero-order valence-corrected chi connectivity index (χ0v) is 13.0. The SMILES string of the molecule is CCc1ccc(Cl)c(CC)c1NC(=O)N(CC)CC. The number of rotatable bonds is 5. The van der Waals surface area contributed by atoms with Crippen LogP contribution in [-0.2, 0) is 12.8 Å². The first-order valence-electron chi connectivity index (χ1n) is 6.95. The molecule has 4 heteroatoms. The van der Waals surface area contributed by atoms with Gasteiger partial charge < -0.3 is 10.2 Å². The highest BCUT2D eigenvalue weighted by molar-refractivity contribution is 6.31. The molecule has 0 bridgehead atoms. The van der Waals surface area contributed by atoms with Crippen LogP contribution in [0.3, 0.4) is 0 Å². The second kappa shape index (κ2) is 7.39. The highest BCUT2D eigenvalue weighted by atomic mass is 35.5. The number of carbonyl (C=O) groups excluding carboxylic acids is 1. The molecule has 0 atom stereocenters. The zero-order valence-electron chi connectivity index (χ0n) is 12.2. The van der Waals surface area contributed by atoms with Gasteiger partial charge in [0, 0.05) is 18.1 Å². The Kier molecular flexibility index (Phi) is 6.16. The first-order valence-corrected chi connectivity index (χ1v) is 7.32. The summed E-state index contributed by atoms with van der Waals surface area (Å²) in [6.07, 6.45) is 1.68. The van der Waals surface area contributed by atoms with Crippen molar-refractivity contribution in [3.8, 4) is 0 Å². The minimum absolute atomic E-state index is 0.0586. The largest absolute Gasteiger partial charge is 0.325 e. The molecule has 0 aromatic heterocycles. The van der Waals surface area contributed by atoms with Gasteiger partial charge >= 0.3 is 6.03 Å². The summed E-state index contributed by atoms with van der Waals surface area (Å²) in [5.41, 5.74) is 3.03. The molecule has 0 fully saturated rings. The van der Waals surface area contributed by atoms with Crippen molar-refractivity contribution in [1.29, 1.82) is 0 Å². The van der Waals surface area contributed by atoms with Crippen LogP contribution in [0.15, 0.2) is 12.1 Å². The fraction of sp³-hybridized carbons (Fsp3) is 0.533. The van der Waals surface area contributed by atoms with Crippen molar-refractivity contribution in [3.63, 3.8) is 0 Å². The lowest BCUT2D eigenvalue weighted by atomic mass is 10.0. The summed E-state index contributed by atoms with van der Waals surface area (Å²) in [6.45, 7) is 9.48. The van der Waals surface area contributed by atoms with E-state index < -0.39 is 0 Å². The van der Waals surface area contributed by atoms with Gasteiger partial charge in [-0.05, 0) is 43.9 Å². The second-order valence-corrected chi connectivity index (χ2v) is 4.78. The van der Waals surface area contributed by atoms with Crippen LogP contribution in [0, 0.1) is 0 Å². The number of halogens is 1. The number of benzene rings is 1. The Balaban J connectivity index is 3.11. The van der Waals surface area contributed by atoms with Crippen molar-refractivity contribution in [3.05, 3.63) is 28.3 Å². The smallest absolute Gasteiger partial charge is 0.321 e. The summed E-state index contributed by atoms with van der Waals surface area (Å²) < 4.78 is 0. The molecule has 0 aliphatic heterocycles. The minimum Gasteiger partial charge on any atom is -0.325 e. The Labute approximate surface area is 120 Å². The molecule has 1 aromatic carbocycles. The van der Waals surface area contributed by atoms with E-state index in [1.807, 2.05) is 32.9 Å². The van der Waals surface area contributed by atoms with Crippen LogP contribution in [0.2, 0.25) is 5.02 Å². The molecule has 2 amide bonds. The predicted octanol–water partition coefficient (Wildman–Crippen LogP) is 4.34. The summed E-state index contributed by atoms with van der Waals surface area (Å²) in [5, 5.41) is 3.74. The van der Waals surface area contributed by atoms with Crippen LogP contribution in [0.4, 0.5) is 10.5 Å². The molecule has 0 saturated carbocycles. The summed E-state index contributed by atoms with van der Waals surface area (Å²) in [6, 6.07) is 3.84. The van der Waals surface area contributed by atoms with E-state index in [0.717, 1.165) is 34.7 Å². The van der Waals surface area contributed by atoms with Crippen molar-refractivity contribution >= 4 is 23.3 Å². The third-order valence-electron chi connectivity index (χ3n) is 3.36. The Morgan fingerprint density at radius 1 is 1.16 bits per heavy atom. The number of hydrogen-bond acceptors (Lipinski definition) is 1. The molecule has 1 aromatic rings. The van der Waals surface area contributed by atoms with E-state index in [1.165, 1.54) is 0 Å². The number of anilines is 1. The van der Waals surface area contributed by atoms with Crippen molar-refractivity contribution in [2.45, 2.75) is 40.5 Å². The minimum atomic E-state index is -0.0586. The molecule has 0 aliphatic carbocycles. The van der Waals surface area contributed by atoms with Crippen molar-refractivity contribution in [2.75, 3.05) is 18.4 Å². The lowest BCUT2D eigenvalue weighted by Gasteiger charge is -2.22. The van der Waals surface area contributed by atoms with Gasteiger partial charge in [-0.2, -0.15) is 0 Å². The first kappa shape index (κ1) is 15.8. The van der Waals surface area contributed by atoms with Gasteiger partial charge in [-0.25, -0.2) is 4.79 Å². The lowest BCUT2D eigenvalue weighted by Crippen LogP contribution is -2.35. The standard InChI is InChI=1S/C15H23ClN2O/c1-5-11-9-10-13(16)12(6-2)14(11)17-15(19)18(7-3)8-4/h9-10H,5-8H2,1-4H3,(H,17,19). The fourth-order valence-electron chi connectivity index (χ4n) is 2.16. The third-order valence-corrected chi connectivity index (χ3v) is 3.71. The van der Waals surface area contributed by atoms with E-state index in [1.54, 1.807) is 4.90 Å². The zero-order chi connectivity index (χ0) is 14.4. The topological polar surface area (TPSA) is 32.3 Å². The molecule has 0 aliphatic rings. The lowest BCUT2D eigenvalue weighted by molar-refractivity contribution is 0.217. The summed E-state index contributed by atoms with van der Waals surface area (Å²) >= 11 is 6.22. The monoisotopic (exact) mass is 282 g/mol. The van der Waals surface area contributed by atoms with E-state index >= 15 is 0 Å². The molecule has 0 saturated heterocycles. The number of nitrogens with one attached hydrogen (secondary N) is 1. The Morgan fingerprint density at radius 3 is 2.26 bits per heavy atom. The molecular weight excluding hydrogens is 260 g/mol. The fourth-order valence-corrected chi connectivity index (χ4v) is 2.45. The number of aryl methyl sites for hydroxylation is 1. The van der Waals surface area contributed by atoms with E-state index in [9.17, 15) is 4.79 Å². The normalized spacial score (nSPS) is 10.4. The third kappa shape index (κ3) is 3.63. The maximum absolute atomic E-state index is 12.2. The van der Waals surface area contributed by atoms with Crippen LogP contribution in [-0.4, -0.2) is 24.0 Å². The molecule has 0 unspecified atom stereocenters. The summed E-state index contributed by atoms with van der Waals surface area (Å²) in [5.74, 6) is 0. The summed E-state index contributed by atoms with van der Waals surface area (Å²) in [7, 11) is 0. The second-order valence-electron chi connectivity index (χ2n) is 4.37. The predicted molar refractivity (Wildman–Crippen MR) is 82.1 cm³/mol. The van der Waals surface area contributed by atoms with E-state index in [4.69, 9.17) is 11.6 Å². The average Bonchev–Trinajstić information content (AvgIpc) is 2.40. The first-order chi connectivity index (χ1) is 9.08. The molecule has 19 heavy (non-hydrogen) atoms. The van der Waals surface area contributed by atoms with E-state index in [0.29, 0.717) is 13.1 Å². The average molecular weight is 283 g/mol. The molecule has 1 rings (SSSR count). The Hall–Kier alpha value is -1.22. The molecule has 0 radical (unpaired) electrons. The number of hydrogen-bond donors (Lipinski definition) is 1. The Bertz CT molecular complexity index is 442. The van der Waals surface area contributed by atoms with Gasteiger partial charge in [0.25, 0.3) is 0 Å². The number of nitrogens with zero attached hydrogens (tertiary/aromatic N) is 1. The van der Waals surface area contributed by atoms with Crippen LogP contribution < -0.4 is 5.32 Å². The van der Waals surface area contributed by atoms with E-state index in [-0.39, 0.29) is 6.03 Å². The van der Waals surface area contributed by atoms with Crippen LogP contribution in [0.25, 0.3) is 0 Å². The quantitative estimate of drug-likeness (QED) is 0.856. The van der Waals surface area contributed by atoms with Crippen LogP contribution in [0.1, 0.15) is 38.8 Å². The van der Waals surface area contributed by atoms with Crippen molar-refractivity contribution < 1.29 is 4.79 Å². The molecule has 3 nitrogen and oxygen atoms in total. The van der Waals surface area contributed by atoms with Crippen molar-refractivity contribution in [2.24, 2.45) is 0 Å². The highest BCUT2D eigenvalue weighted by Gasteiger charge is 2.15. The van der Waals surface area contributed by atoms with Gasteiger partial charge in [-0.15, -0.1) is 0 Å². The van der Waals surface area contributed by atoms with Crippen LogP contribution >= 0.6 is 11.6 Å². The maximum atomic E-state index is 12.2. The molecule has 0 spiro atoms. The van der Waals surface area contributed by atoms with Gasteiger partial charge in [-0.1, -0.05) is 31.5 Å². The van der Waals surface area contributed by atoms with E-state index in [2.05, 4.69) is 12.2 Å².